The van der Waals surface area contributed by atoms with E-state index in [1.165, 1.54) is 16.8 Å². The van der Waals surface area contributed by atoms with Crippen molar-refractivity contribution in [2.75, 3.05) is 0 Å². The second-order valence-corrected chi connectivity index (χ2v) is 4.08. The molecule has 84 valence electrons. The second-order valence-electron chi connectivity index (χ2n) is 4.08. The zero-order valence-electron chi connectivity index (χ0n) is 9.05. The molecule has 0 radical (unpaired) electrons. The third kappa shape index (κ3) is 2.09. The summed E-state index contributed by atoms with van der Waals surface area (Å²) in [5, 5.41) is 17.4. The Hall–Kier alpha value is -1.75. The van der Waals surface area contributed by atoms with E-state index in [1.54, 1.807) is 32.2 Å². The highest BCUT2D eigenvalue weighted by Crippen LogP contribution is 2.17. The molecule has 5 heteroatoms. The van der Waals surface area contributed by atoms with Crippen LogP contribution in [0.1, 0.15) is 19.5 Å². The van der Waals surface area contributed by atoms with Gasteiger partial charge in [-0.1, -0.05) is 5.21 Å². The fraction of sp³-hybridized carbons (Fsp3) is 0.273. The van der Waals surface area contributed by atoms with Crippen molar-refractivity contribution < 1.29 is 9.50 Å². The molecule has 1 aromatic heterocycles. The van der Waals surface area contributed by atoms with Crippen LogP contribution < -0.4 is 0 Å². The van der Waals surface area contributed by atoms with Crippen molar-refractivity contribution in [1.82, 2.24) is 15.0 Å². The Morgan fingerprint density at radius 3 is 2.38 bits per heavy atom. The number of halogens is 1. The molecule has 0 aliphatic rings. The van der Waals surface area contributed by atoms with Gasteiger partial charge in [0.25, 0.3) is 0 Å². The van der Waals surface area contributed by atoms with Crippen molar-refractivity contribution >= 4 is 0 Å². The molecule has 0 aliphatic heterocycles. The van der Waals surface area contributed by atoms with Crippen molar-refractivity contribution in [3.8, 4) is 5.69 Å². The summed E-state index contributed by atoms with van der Waals surface area (Å²) >= 11 is 0. The molecule has 0 atom stereocenters. The molecular formula is C11H12FN3O. The Balaban J connectivity index is 2.35. The van der Waals surface area contributed by atoms with Crippen molar-refractivity contribution in [3.63, 3.8) is 0 Å². The summed E-state index contributed by atoms with van der Waals surface area (Å²) in [5.41, 5.74) is 0.138. The van der Waals surface area contributed by atoms with Crippen molar-refractivity contribution in [1.29, 1.82) is 0 Å². The molecule has 2 rings (SSSR count). The van der Waals surface area contributed by atoms with Crippen LogP contribution in [0.25, 0.3) is 5.69 Å². The molecule has 0 bridgehead atoms. The molecule has 0 unspecified atom stereocenters. The Morgan fingerprint density at radius 2 is 1.88 bits per heavy atom. The van der Waals surface area contributed by atoms with Gasteiger partial charge < -0.3 is 5.11 Å². The first-order valence-electron chi connectivity index (χ1n) is 4.88. The zero-order chi connectivity index (χ0) is 11.8. The quantitative estimate of drug-likeness (QED) is 0.838. The van der Waals surface area contributed by atoms with Gasteiger partial charge in [0.15, 0.2) is 0 Å². The highest BCUT2D eigenvalue weighted by Gasteiger charge is 2.20. The molecule has 1 aromatic carbocycles. The third-order valence-electron chi connectivity index (χ3n) is 2.21. The lowest BCUT2D eigenvalue weighted by atomic mass is 10.1. The van der Waals surface area contributed by atoms with Gasteiger partial charge in [-0.25, -0.2) is 9.07 Å². The predicted octanol–water partition coefficient (Wildman–Crippen LogP) is 1.63. The summed E-state index contributed by atoms with van der Waals surface area (Å²) in [6.07, 6.45) is 1.62. The molecule has 0 fully saturated rings. The summed E-state index contributed by atoms with van der Waals surface area (Å²) in [6, 6.07) is 5.89. The van der Waals surface area contributed by atoms with E-state index in [9.17, 15) is 9.50 Å². The number of aliphatic hydroxyl groups is 1. The van der Waals surface area contributed by atoms with Crippen molar-refractivity contribution in [2.45, 2.75) is 19.4 Å². The van der Waals surface area contributed by atoms with E-state index in [0.717, 1.165) is 0 Å². The Morgan fingerprint density at radius 1 is 1.25 bits per heavy atom. The smallest absolute Gasteiger partial charge is 0.123 e. The van der Waals surface area contributed by atoms with Crippen LogP contribution in [0.3, 0.4) is 0 Å². The highest BCUT2D eigenvalue weighted by atomic mass is 19.1. The standard InChI is InChI=1S/C11H12FN3O/c1-11(2,16)10-7-15(14-13-10)9-5-3-8(12)4-6-9/h3-7,16H,1-2H3. The lowest BCUT2D eigenvalue weighted by Crippen LogP contribution is -2.15. The summed E-state index contributed by atoms with van der Waals surface area (Å²) in [7, 11) is 0. The molecule has 0 saturated heterocycles. The van der Waals surface area contributed by atoms with Gasteiger partial charge in [0.2, 0.25) is 0 Å². The first-order valence-corrected chi connectivity index (χ1v) is 4.88. The maximum Gasteiger partial charge on any atom is 0.123 e. The summed E-state index contributed by atoms with van der Waals surface area (Å²) in [5.74, 6) is -0.299. The largest absolute Gasteiger partial charge is 0.384 e. The third-order valence-corrected chi connectivity index (χ3v) is 2.21. The zero-order valence-corrected chi connectivity index (χ0v) is 9.05. The van der Waals surface area contributed by atoms with E-state index in [4.69, 9.17) is 0 Å². The van der Waals surface area contributed by atoms with Crippen LogP contribution in [0.5, 0.6) is 0 Å². The van der Waals surface area contributed by atoms with Gasteiger partial charge in [0, 0.05) is 0 Å². The molecule has 0 saturated carbocycles. The normalized spacial score (nSPS) is 11.8. The first kappa shape index (κ1) is 10.8. The Labute approximate surface area is 92.3 Å². The number of rotatable bonds is 2. The van der Waals surface area contributed by atoms with Crippen LogP contribution >= 0.6 is 0 Å². The SMILES string of the molecule is CC(C)(O)c1cn(-c2ccc(F)cc2)nn1. The number of aromatic nitrogens is 3. The van der Waals surface area contributed by atoms with Crippen LogP contribution in [-0.4, -0.2) is 20.1 Å². The molecule has 16 heavy (non-hydrogen) atoms. The van der Waals surface area contributed by atoms with Crippen LogP contribution in [0.4, 0.5) is 4.39 Å². The number of benzene rings is 1. The molecular weight excluding hydrogens is 209 g/mol. The van der Waals surface area contributed by atoms with Gasteiger partial charge >= 0.3 is 0 Å². The van der Waals surface area contributed by atoms with E-state index in [-0.39, 0.29) is 5.82 Å². The van der Waals surface area contributed by atoms with E-state index >= 15 is 0 Å². The molecule has 0 amide bonds. The summed E-state index contributed by atoms with van der Waals surface area (Å²) < 4.78 is 14.2. The number of hydrogen-bond acceptors (Lipinski definition) is 3. The number of hydrogen-bond donors (Lipinski definition) is 1. The van der Waals surface area contributed by atoms with E-state index in [2.05, 4.69) is 10.3 Å². The molecule has 4 nitrogen and oxygen atoms in total. The van der Waals surface area contributed by atoms with Gasteiger partial charge in [-0.05, 0) is 38.1 Å². The summed E-state index contributed by atoms with van der Waals surface area (Å²) in [4.78, 5) is 0. The maximum absolute atomic E-state index is 12.7. The fourth-order valence-electron chi connectivity index (χ4n) is 1.26. The molecule has 1 heterocycles. The first-order chi connectivity index (χ1) is 7.47. The number of nitrogens with zero attached hydrogens (tertiary/aromatic N) is 3. The topological polar surface area (TPSA) is 50.9 Å². The molecule has 0 spiro atoms. The minimum Gasteiger partial charge on any atom is -0.384 e. The van der Waals surface area contributed by atoms with Crippen LogP contribution in [0.2, 0.25) is 0 Å². The van der Waals surface area contributed by atoms with E-state index in [0.29, 0.717) is 11.4 Å². The van der Waals surface area contributed by atoms with Crippen LogP contribution in [0.15, 0.2) is 30.5 Å². The lowest BCUT2D eigenvalue weighted by molar-refractivity contribution is 0.0737. The minimum absolute atomic E-state index is 0.299. The predicted molar refractivity (Wildman–Crippen MR) is 56.6 cm³/mol. The highest BCUT2D eigenvalue weighted by molar-refractivity contribution is 5.30. The monoisotopic (exact) mass is 221 g/mol. The van der Waals surface area contributed by atoms with E-state index in [1.807, 2.05) is 0 Å². The van der Waals surface area contributed by atoms with Gasteiger partial charge in [0.05, 0.1) is 11.9 Å². The van der Waals surface area contributed by atoms with Crippen molar-refractivity contribution in [3.05, 3.63) is 42.0 Å². The average molecular weight is 221 g/mol. The van der Waals surface area contributed by atoms with Crippen LogP contribution in [0, 0.1) is 5.82 Å². The summed E-state index contributed by atoms with van der Waals surface area (Å²) in [6.45, 7) is 3.26. The Kier molecular flexibility index (Phi) is 2.47. The van der Waals surface area contributed by atoms with Gasteiger partial charge in [-0.15, -0.1) is 5.10 Å². The van der Waals surface area contributed by atoms with Crippen LogP contribution in [-0.2, 0) is 5.60 Å². The van der Waals surface area contributed by atoms with Gasteiger partial charge in [0.1, 0.15) is 17.1 Å². The molecule has 0 aliphatic carbocycles. The van der Waals surface area contributed by atoms with Gasteiger partial charge in [-0.3, -0.25) is 0 Å². The lowest BCUT2D eigenvalue weighted by Gasteiger charge is -2.11. The fourth-order valence-corrected chi connectivity index (χ4v) is 1.26. The van der Waals surface area contributed by atoms with E-state index < -0.39 is 5.60 Å². The van der Waals surface area contributed by atoms with Gasteiger partial charge in [-0.2, -0.15) is 0 Å². The minimum atomic E-state index is -1.03. The Bertz CT molecular complexity index is 485. The second kappa shape index (κ2) is 3.68. The molecule has 2 aromatic rings. The van der Waals surface area contributed by atoms with Crippen molar-refractivity contribution in [2.24, 2.45) is 0 Å². The maximum atomic E-state index is 12.7. The molecule has 1 N–H and O–H groups in total. The average Bonchev–Trinajstić information content (AvgIpc) is 2.67.